The molecule has 25 heavy (non-hydrogen) atoms. The second kappa shape index (κ2) is 5.36. The Kier molecular flexibility index (Phi) is 3.32. The van der Waals surface area contributed by atoms with Crippen molar-refractivity contribution in [3.05, 3.63) is 12.7 Å². The molecule has 2 heterocycles. The molecule has 4 N–H and O–H groups in total. The monoisotopic (exact) mass is 345 g/mol. The molecule has 2 aromatic rings. The Morgan fingerprint density at radius 1 is 1.20 bits per heavy atom. The fourth-order valence-electron chi connectivity index (χ4n) is 4.98. The lowest BCUT2D eigenvalue weighted by Gasteiger charge is -2.41. The molecular formula is C17H23N5O3. The van der Waals surface area contributed by atoms with Gasteiger partial charge in [-0.05, 0) is 37.5 Å². The van der Waals surface area contributed by atoms with E-state index in [0.29, 0.717) is 23.6 Å². The molecule has 8 nitrogen and oxygen atoms in total. The van der Waals surface area contributed by atoms with Gasteiger partial charge in [0.15, 0.2) is 11.5 Å². The van der Waals surface area contributed by atoms with Crippen LogP contribution in [0.4, 0.5) is 5.82 Å². The van der Waals surface area contributed by atoms with Crippen molar-refractivity contribution >= 4 is 17.0 Å². The third kappa shape index (κ3) is 2.14. The van der Waals surface area contributed by atoms with E-state index in [0.717, 1.165) is 25.1 Å². The molecule has 134 valence electrons. The number of fused-ring (bicyclic) bond motifs is 3. The molecule has 2 bridgehead atoms. The second-order valence-electron chi connectivity index (χ2n) is 7.93. The summed E-state index contributed by atoms with van der Waals surface area (Å²) in [6, 6.07) is 0.236. The third-order valence-electron chi connectivity index (χ3n) is 6.49. The number of hydrogen-bond donors (Lipinski definition) is 4. The Morgan fingerprint density at radius 3 is 2.68 bits per heavy atom. The molecule has 3 aliphatic carbocycles. The van der Waals surface area contributed by atoms with E-state index >= 15 is 0 Å². The highest BCUT2D eigenvalue weighted by molar-refractivity contribution is 5.83. The van der Waals surface area contributed by atoms with Gasteiger partial charge in [-0.3, -0.25) is 0 Å². The molecular weight excluding hydrogens is 322 g/mol. The van der Waals surface area contributed by atoms with Gasteiger partial charge in [-0.1, -0.05) is 0 Å². The van der Waals surface area contributed by atoms with Crippen LogP contribution in [-0.4, -0.2) is 60.2 Å². The van der Waals surface area contributed by atoms with Gasteiger partial charge in [-0.25, -0.2) is 15.0 Å². The predicted octanol–water partition coefficient (Wildman–Crippen LogP) is 0.313. The number of aromatic nitrogens is 4. The summed E-state index contributed by atoms with van der Waals surface area (Å²) < 4.78 is 1.92. The van der Waals surface area contributed by atoms with E-state index in [9.17, 15) is 15.3 Å². The molecule has 0 aromatic carbocycles. The maximum Gasteiger partial charge on any atom is 0.165 e. The lowest BCUT2D eigenvalue weighted by Crippen LogP contribution is -2.45. The molecule has 3 fully saturated rings. The lowest BCUT2D eigenvalue weighted by molar-refractivity contribution is -0.0516. The second-order valence-corrected chi connectivity index (χ2v) is 7.93. The van der Waals surface area contributed by atoms with Crippen LogP contribution in [0.3, 0.4) is 0 Å². The lowest BCUT2D eigenvalue weighted by atomic mass is 9.71. The first-order valence-electron chi connectivity index (χ1n) is 9.01. The number of rotatable bonds is 5. The normalized spacial score (nSPS) is 33.2. The summed E-state index contributed by atoms with van der Waals surface area (Å²) in [5, 5.41) is 34.0. The Morgan fingerprint density at radius 2 is 2.00 bits per heavy atom. The van der Waals surface area contributed by atoms with Crippen LogP contribution in [-0.2, 0) is 0 Å². The topological polar surface area (TPSA) is 116 Å². The number of anilines is 1. The maximum atomic E-state index is 10.8. The molecule has 4 atom stereocenters. The summed E-state index contributed by atoms with van der Waals surface area (Å²) in [6.07, 6.45) is 6.49. The molecule has 0 amide bonds. The number of imidazole rings is 1. The van der Waals surface area contributed by atoms with Gasteiger partial charge in [-0.2, -0.15) is 0 Å². The van der Waals surface area contributed by atoms with Crippen molar-refractivity contribution < 1.29 is 15.3 Å². The van der Waals surface area contributed by atoms with Crippen molar-refractivity contribution in [2.45, 2.75) is 43.9 Å². The average molecular weight is 345 g/mol. The van der Waals surface area contributed by atoms with E-state index in [1.807, 2.05) is 4.57 Å². The van der Waals surface area contributed by atoms with Crippen molar-refractivity contribution in [2.75, 3.05) is 18.5 Å². The highest BCUT2D eigenvalue weighted by Gasteiger charge is 2.60. The molecule has 0 unspecified atom stereocenters. The van der Waals surface area contributed by atoms with Crippen LogP contribution in [0.25, 0.3) is 11.2 Å². The van der Waals surface area contributed by atoms with E-state index in [-0.39, 0.29) is 31.1 Å². The highest BCUT2D eigenvalue weighted by Crippen LogP contribution is 2.60. The number of aliphatic hydroxyl groups is 3. The zero-order valence-electron chi connectivity index (χ0n) is 13.9. The molecule has 0 radical (unpaired) electrons. The molecule has 5 rings (SSSR count). The summed E-state index contributed by atoms with van der Waals surface area (Å²) in [5.74, 6) is 0.840. The standard InChI is InChI=1S/C17H23N5O3/c23-5-17(6-24)4-9-3-11(17)13(14(9)25)22-8-20-12-15(21-10-1-2-10)18-7-19-16(12)22/h7-11,13-14,23-25H,1-6H2,(H,18,19,21)/t9-,11-,13+,14+/m1/s1. The van der Waals surface area contributed by atoms with E-state index < -0.39 is 11.5 Å². The Hall–Kier alpha value is -1.77. The molecule has 0 saturated heterocycles. The van der Waals surface area contributed by atoms with Crippen LogP contribution in [0.5, 0.6) is 0 Å². The zero-order valence-corrected chi connectivity index (χ0v) is 13.9. The first kappa shape index (κ1) is 15.5. The molecule has 3 saturated carbocycles. The quantitative estimate of drug-likeness (QED) is 0.616. The van der Waals surface area contributed by atoms with E-state index in [2.05, 4.69) is 20.3 Å². The van der Waals surface area contributed by atoms with Crippen molar-refractivity contribution in [3.63, 3.8) is 0 Å². The van der Waals surface area contributed by atoms with Gasteiger partial charge in [0, 0.05) is 11.5 Å². The molecule has 0 aliphatic heterocycles. The minimum atomic E-state index is -0.534. The molecule has 8 heteroatoms. The van der Waals surface area contributed by atoms with Gasteiger partial charge in [0.1, 0.15) is 11.8 Å². The summed E-state index contributed by atoms with van der Waals surface area (Å²) in [7, 11) is 0. The van der Waals surface area contributed by atoms with Crippen molar-refractivity contribution in [1.29, 1.82) is 0 Å². The van der Waals surface area contributed by atoms with E-state index in [1.54, 1.807) is 6.33 Å². The zero-order chi connectivity index (χ0) is 17.2. The van der Waals surface area contributed by atoms with Crippen LogP contribution < -0.4 is 5.32 Å². The van der Waals surface area contributed by atoms with Crippen molar-refractivity contribution in [3.8, 4) is 0 Å². The van der Waals surface area contributed by atoms with Crippen LogP contribution in [0.15, 0.2) is 12.7 Å². The van der Waals surface area contributed by atoms with Crippen LogP contribution in [0.1, 0.15) is 31.7 Å². The first-order chi connectivity index (χ1) is 12.2. The first-order valence-corrected chi connectivity index (χ1v) is 9.01. The van der Waals surface area contributed by atoms with Crippen LogP contribution in [0, 0.1) is 17.3 Å². The van der Waals surface area contributed by atoms with Gasteiger partial charge in [0.05, 0.1) is 31.7 Å². The van der Waals surface area contributed by atoms with Crippen molar-refractivity contribution in [1.82, 2.24) is 19.5 Å². The van der Waals surface area contributed by atoms with Gasteiger partial charge in [0.25, 0.3) is 0 Å². The van der Waals surface area contributed by atoms with Gasteiger partial charge < -0.3 is 25.2 Å². The van der Waals surface area contributed by atoms with E-state index in [1.165, 1.54) is 6.33 Å². The Bertz CT molecular complexity index is 801. The number of aliphatic hydroxyl groups excluding tert-OH is 3. The smallest absolute Gasteiger partial charge is 0.165 e. The summed E-state index contributed by atoms with van der Waals surface area (Å²) in [5.41, 5.74) is 0.871. The summed E-state index contributed by atoms with van der Waals surface area (Å²) in [4.78, 5) is 13.2. The predicted molar refractivity (Wildman–Crippen MR) is 89.8 cm³/mol. The van der Waals surface area contributed by atoms with Crippen molar-refractivity contribution in [2.24, 2.45) is 17.3 Å². The Balaban J connectivity index is 1.56. The SMILES string of the molecule is OCC1(CO)C[C@H]2C[C@@H]1[C@H](n1cnc3c(NC4CC4)ncnc31)[C@H]2O. The fraction of sp³-hybridized carbons (Fsp3) is 0.706. The van der Waals surface area contributed by atoms with Crippen LogP contribution in [0.2, 0.25) is 0 Å². The van der Waals surface area contributed by atoms with Crippen LogP contribution >= 0.6 is 0 Å². The Labute approximate surface area is 144 Å². The van der Waals surface area contributed by atoms with E-state index in [4.69, 9.17) is 0 Å². The largest absolute Gasteiger partial charge is 0.396 e. The maximum absolute atomic E-state index is 10.8. The van der Waals surface area contributed by atoms with Gasteiger partial charge in [0.2, 0.25) is 0 Å². The summed E-state index contributed by atoms with van der Waals surface area (Å²) >= 11 is 0. The molecule has 2 aromatic heterocycles. The molecule has 0 spiro atoms. The number of hydrogen-bond acceptors (Lipinski definition) is 7. The van der Waals surface area contributed by atoms with Gasteiger partial charge >= 0.3 is 0 Å². The molecule has 3 aliphatic rings. The minimum Gasteiger partial charge on any atom is -0.396 e. The third-order valence-corrected chi connectivity index (χ3v) is 6.49. The number of nitrogens with zero attached hydrogens (tertiary/aromatic N) is 4. The minimum absolute atomic E-state index is 0.00899. The average Bonchev–Trinajstić information content (AvgIpc) is 3.09. The van der Waals surface area contributed by atoms with Gasteiger partial charge in [-0.15, -0.1) is 0 Å². The summed E-state index contributed by atoms with van der Waals surface area (Å²) in [6.45, 7) is -0.131. The number of nitrogens with one attached hydrogen (secondary N) is 1. The highest BCUT2D eigenvalue weighted by atomic mass is 16.3. The fourth-order valence-corrected chi connectivity index (χ4v) is 4.98.